The van der Waals surface area contributed by atoms with Crippen LogP contribution in [0.25, 0.3) is 22.6 Å². The molecule has 1 aliphatic carbocycles. The molecule has 4 rings (SSSR count). The van der Waals surface area contributed by atoms with Crippen LogP contribution in [0.2, 0.25) is 0 Å². The first-order chi connectivity index (χ1) is 12.5. The molecule has 2 aromatic carbocycles. The summed E-state index contributed by atoms with van der Waals surface area (Å²) in [4.78, 5) is 16.5. The lowest BCUT2D eigenvalue weighted by Crippen LogP contribution is -2.24. The summed E-state index contributed by atoms with van der Waals surface area (Å²) in [6.45, 7) is 4.36. The maximum absolute atomic E-state index is 11.8. The summed E-state index contributed by atoms with van der Waals surface area (Å²) >= 11 is 0. The molecular formula is C23H20NO2-. The minimum Gasteiger partial charge on any atom is -0.545 e. The van der Waals surface area contributed by atoms with E-state index in [0.717, 1.165) is 28.8 Å². The molecule has 130 valence electrons. The normalized spacial score (nSPS) is 15.0. The highest BCUT2D eigenvalue weighted by molar-refractivity contribution is 6.05. The summed E-state index contributed by atoms with van der Waals surface area (Å²) < 4.78 is 0. The van der Waals surface area contributed by atoms with Gasteiger partial charge in [0.25, 0.3) is 0 Å². The van der Waals surface area contributed by atoms with Crippen LogP contribution in [0.1, 0.15) is 58.9 Å². The smallest absolute Gasteiger partial charge is 0.0725 e. The molecular weight excluding hydrogens is 322 g/mol. The van der Waals surface area contributed by atoms with Gasteiger partial charge in [0.1, 0.15) is 0 Å². The molecule has 26 heavy (non-hydrogen) atoms. The molecule has 0 saturated carbocycles. The first-order valence-corrected chi connectivity index (χ1v) is 8.98. The predicted octanol–water partition coefficient (Wildman–Crippen LogP) is 4.21. The molecule has 3 aromatic rings. The summed E-state index contributed by atoms with van der Waals surface area (Å²) in [6.07, 6.45) is 3.61. The third-order valence-corrected chi connectivity index (χ3v) is 5.09. The lowest BCUT2D eigenvalue weighted by molar-refractivity contribution is -0.254. The van der Waals surface area contributed by atoms with Crippen LogP contribution in [0.15, 0.2) is 48.5 Å². The van der Waals surface area contributed by atoms with Crippen LogP contribution in [0.4, 0.5) is 0 Å². The highest BCUT2D eigenvalue weighted by Crippen LogP contribution is 2.37. The zero-order valence-electron chi connectivity index (χ0n) is 15.0. The first kappa shape index (κ1) is 16.5. The molecule has 0 fully saturated rings. The Hall–Kier alpha value is -2.94. The number of hydrogen-bond donors (Lipinski definition) is 0. The molecule has 0 unspecified atom stereocenters. The van der Waals surface area contributed by atoms with E-state index in [2.05, 4.69) is 44.2 Å². The Morgan fingerprint density at radius 3 is 2.50 bits per heavy atom. The summed E-state index contributed by atoms with van der Waals surface area (Å²) in [5.74, 6) is -0.620. The summed E-state index contributed by atoms with van der Waals surface area (Å²) in [5.41, 5.74) is 6.11. The van der Waals surface area contributed by atoms with Crippen molar-refractivity contribution in [3.05, 3.63) is 76.5 Å². The molecule has 0 radical (unpaired) electrons. The van der Waals surface area contributed by atoms with Crippen molar-refractivity contribution in [2.75, 3.05) is 0 Å². The number of hydrogen-bond acceptors (Lipinski definition) is 3. The van der Waals surface area contributed by atoms with Crippen molar-refractivity contribution in [1.29, 1.82) is 0 Å². The van der Waals surface area contributed by atoms with Crippen LogP contribution in [0.5, 0.6) is 0 Å². The maximum Gasteiger partial charge on any atom is 0.0725 e. The minimum atomic E-state index is -1.12. The maximum atomic E-state index is 11.8. The SMILES string of the molecule is CC(C)c1ccc(/C=C2\CCc3c2nc2ccccc2c3C(=O)[O-])cc1. The molecule has 3 heteroatoms. The minimum absolute atomic E-state index is 0.296. The number of benzene rings is 2. The van der Waals surface area contributed by atoms with E-state index in [1.54, 1.807) is 6.07 Å². The third kappa shape index (κ3) is 2.80. The lowest BCUT2D eigenvalue weighted by Gasteiger charge is -2.13. The second-order valence-corrected chi connectivity index (χ2v) is 7.11. The van der Waals surface area contributed by atoms with Crippen LogP contribution in [-0.2, 0) is 6.42 Å². The average molecular weight is 342 g/mol. The van der Waals surface area contributed by atoms with Gasteiger partial charge >= 0.3 is 0 Å². The van der Waals surface area contributed by atoms with Crippen molar-refractivity contribution in [2.45, 2.75) is 32.6 Å². The Bertz CT molecular complexity index is 1030. The fraction of sp³-hybridized carbons (Fsp3) is 0.217. The molecule has 0 N–H and O–H groups in total. The number of aromatic carboxylic acids is 1. The van der Waals surface area contributed by atoms with E-state index in [0.29, 0.717) is 28.8 Å². The number of fused-ring (bicyclic) bond motifs is 2. The van der Waals surface area contributed by atoms with Gasteiger partial charge in [-0.15, -0.1) is 0 Å². The molecule has 1 heterocycles. The fourth-order valence-electron chi connectivity index (χ4n) is 3.69. The Kier molecular flexibility index (Phi) is 4.08. The van der Waals surface area contributed by atoms with Gasteiger partial charge < -0.3 is 9.90 Å². The molecule has 0 atom stereocenters. The number of aromatic nitrogens is 1. The first-order valence-electron chi connectivity index (χ1n) is 8.98. The van der Waals surface area contributed by atoms with Crippen molar-refractivity contribution in [2.24, 2.45) is 0 Å². The number of carboxylic acids is 1. The molecule has 3 nitrogen and oxygen atoms in total. The van der Waals surface area contributed by atoms with Gasteiger partial charge in [0.05, 0.1) is 17.2 Å². The van der Waals surface area contributed by atoms with Gasteiger partial charge in [-0.2, -0.15) is 0 Å². The van der Waals surface area contributed by atoms with Crippen LogP contribution in [0, 0.1) is 0 Å². The number of rotatable bonds is 3. The number of allylic oxidation sites excluding steroid dienone is 1. The summed E-state index contributed by atoms with van der Waals surface area (Å²) in [6, 6.07) is 15.9. The molecule has 0 aliphatic heterocycles. The van der Waals surface area contributed by atoms with Gasteiger partial charge in [-0.05, 0) is 53.2 Å². The van der Waals surface area contributed by atoms with Crippen molar-refractivity contribution in [3.63, 3.8) is 0 Å². The highest BCUT2D eigenvalue weighted by Gasteiger charge is 2.23. The average Bonchev–Trinajstić information content (AvgIpc) is 3.02. The zero-order chi connectivity index (χ0) is 18.3. The van der Waals surface area contributed by atoms with E-state index in [4.69, 9.17) is 4.98 Å². The van der Waals surface area contributed by atoms with E-state index in [1.165, 1.54) is 5.56 Å². The van der Waals surface area contributed by atoms with Gasteiger partial charge in [-0.25, -0.2) is 4.98 Å². The van der Waals surface area contributed by atoms with E-state index < -0.39 is 5.97 Å². The summed E-state index contributed by atoms with van der Waals surface area (Å²) in [5, 5.41) is 12.4. The number of carbonyl (C=O) groups excluding carboxylic acids is 1. The molecule has 0 amide bonds. The van der Waals surface area contributed by atoms with Gasteiger partial charge in [0, 0.05) is 10.9 Å². The molecule has 0 bridgehead atoms. The number of carbonyl (C=O) groups is 1. The zero-order valence-corrected chi connectivity index (χ0v) is 15.0. The quantitative estimate of drug-likeness (QED) is 0.716. The fourth-order valence-corrected chi connectivity index (χ4v) is 3.69. The second kappa shape index (κ2) is 6.41. The number of carboxylic acid groups (broad SMARTS) is 1. The van der Waals surface area contributed by atoms with Crippen molar-refractivity contribution < 1.29 is 9.90 Å². The Balaban J connectivity index is 1.83. The predicted molar refractivity (Wildman–Crippen MR) is 103 cm³/mol. The molecule has 1 aliphatic rings. The van der Waals surface area contributed by atoms with Gasteiger partial charge in [0.2, 0.25) is 0 Å². The Morgan fingerprint density at radius 2 is 1.81 bits per heavy atom. The number of pyridine rings is 1. The van der Waals surface area contributed by atoms with Crippen LogP contribution >= 0.6 is 0 Å². The largest absolute Gasteiger partial charge is 0.545 e. The monoisotopic (exact) mass is 342 g/mol. The molecule has 1 aromatic heterocycles. The summed E-state index contributed by atoms with van der Waals surface area (Å²) in [7, 11) is 0. The van der Waals surface area contributed by atoms with Gasteiger partial charge in [-0.3, -0.25) is 0 Å². The van der Waals surface area contributed by atoms with E-state index in [1.807, 2.05) is 18.2 Å². The van der Waals surface area contributed by atoms with Crippen molar-refractivity contribution >= 4 is 28.5 Å². The number of nitrogens with zero attached hydrogens (tertiary/aromatic N) is 1. The van der Waals surface area contributed by atoms with E-state index in [-0.39, 0.29) is 0 Å². The molecule has 0 spiro atoms. The third-order valence-electron chi connectivity index (χ3n) is 5.09. The van der Waals surface area contributed by atoms with Crippen molar-refractivity contribution in [3.8, 4) is 0 Å². The topological polar surface area (TPSA) is 53.0 Å². The second-order valence-electron chi connectivity index (χ2n) is 7.11. The highest BCUT2D eigenvalue weighted by atomic mass is 16.4. The van der Waals surface area contributed by atoms with Crippen LogP contribution < -0.4 is 5.11 Å². The Labute approximate surface area is 153 Å². The molecule has 0 saturated heterocycles. The van der Waals surface area contributed by atoms with Gasteiger partial charge in [0.15, 0.2) is 0 Å². The number of para-hydroxylation sites is 1. The van der Waals surface area contributed by atoms with E-state index >= 15 is 0 Å². The lowest BCUT2D eigenvalue weighted by atomic mass is 9.99. The van der Waals surface area contributed by atoms with Crippen LogP contribution in [0.3, 0.4) is 0 Å². The standard InChI is InChI=1S/C23H21NO2/c1-14(2)16-9-7-15(8-10-16)13-17-11-12-19-21(23(25)26)18-5-3-4-6-20(18)24-22(17)19/h3-10,13-14H,11-12H2,1-2H3,(H,25,26)/p-1/b17-13+. The van der Waals surface area contributed by atoms with E-state index in [9.17, 15) is 9.90 Å². The van der Waals surface area contributed by atoms with Crippen molar-refractivity contribution in [1.82, 2.24) is 4.98 Å². The van der Waals surface area contributed by atoms with Gasteiger partial charge in [-0.1, -0.05) is 56.3 Å². The Morgan fingerprint density at radius 1 is 1.08 bits per heavy atom. The van der Waals surface area contributed by atoms with Crippen LogP contribution in [-0.4, -0.2) is 11.0 Å².